The predicted octanol–water partition coefficient (Wildman–Crippen LogP) is 0.514. The Bertz CT molecular complexity index is 305. The number of hydrogen-bond acceptors (Lipinski definition) is 4. The second kappa shape index (κ2) is 5.02. The molecule has 1 fully saturated rings. The lowest BCUT2D eigenvalue weighted by molar-refractivity contribution is 0.0464. The van der Waals surface area contributed by atoms with Gasteiger partial charge in [-0.1, -0.05) is 20.8 Å². The summed E-state index contributed by atoms with van der Waals surface area (Å²) in [6.45, 7) is 8.04. The van der Waals surface area contributed by atoms with Crippen molar-refractivity contribution in [2.24, 2.45) is 5.41 Å². The minimum Gasteiger partial charge on any atom is -0.393 e. The average molecular weight is 249 g/mol. The fourth-order valence-electron chi connectivity index (χ4n) is 1.71. The van der Waals surface area contributed by atoms with Crippen LogP contribution in [0.2, 0.25) is 0 Å². The van der Waals surface area contributed by atoms with Crippen LogP contribution in [0.1, 0.15) is 27.2 Å². The number of hydrogen-bond donors (Lipinski definition) is 1. The van der Waals surface area contributed by atoms with Crippen LogP contribution in [0.3, 0.4) is 0 Å². The smallest absolute Gasteiger partial charge is 0.152 e. The molecule has 1 heterocycles. The van der Waals surface area contributed by atoms with Crippen LogP contribution in [0.5, 0.6) is 0 Å². The molecule has 0 spiro atoms. The van der Waals surface area contributed by atoms with Gasteiger partial charge in [-0.3, -0.25) is 0 Å². The van der Waals surface area contributed by atoms with Crippen molar-refractivity contribution < 1.29 is 13.5 Å². The maximum absolute atomic E-state index is 11.2. The third kappa shape index (κ3) is 4.39. The fourth-order valence-corrected chi connectivity index (χ4v) is 2.99. The van der Waals surface area contributed by atoms with Crippen LogP contribution >= 0.6 is 0 Å². The van der Waals surface area contributed by atoms with Crippen LogP contribution in [-0.4, -0.2) is 55.7 Å². The Morgan fingerprint density at radius 3 is 2.19 bits per heavy atom. The molecule has 1 rings (SSSR count). The van der Waals surface area contributed by atoms with Crippen molar-refractivity contribution in [1.29, 1.82) is 0 Å². The molecular formula is C11H23NO3S. The van der Waals surface area contributed by atoms with Crippen molar-refractivity contribution in [2.45, 2.75) is 33.3 Å². The van der Waals surface area contributed by atoms with E-state index < -0.39 is 9.84 Å². The molecule has 96 valence electrons. The Morgan fingerprint density at radius 2 is 1.75 bits per heavy atom. The van der Waals surface area contributed by atoms with Crippen LogP contribution in [0.25, 0.3) is 0 Å². The number of nitrogens with zero attached hydrogens (tertiary/aromatic N) is 1. The number of sulfone groups is 1. The minimum atomic E-state index is -2.79. The monoisotopic (exact) mass is 249 g/mol. The molecule has 1 atom stereocenters. The summed E-state index contributed by atoms with van der Waals surface area (Å²) in [4.78, 5) is 2.12. The number of aliphatic hydroxyl groups is 1. The van der Waals surface area contributed by atoms with E-state index in [0.717, 1.165) is 6.54 Å². The average Bonchev–Trinajstić information content (AvgIpc) is 2.14. The molecule has 0 radical (unpaired) electrons. The highest BCUT2D eigenvalue weighted by Gasteiger charge is 2.25. The predicted molar refractivity (Wildman–Crippen MR) is 65.2 cm³/mol. The van der Waals surface area contributed by atoms with Crippen LogP contribution in [0.15, 0.2) is 0 Å². The lowest BCUT2D eigenvalue weighted by Gasteiger charge is -2.30. The molecule has 0 aromatic heterocycles. The van der Waals surface area contributed by atoms with Gasteiger partial charge in [0.1, 0.15) is 0 Å². The Morgan fingerprint density at radius 1 is 1.25 bits per heavy atom. The van der Waals surface area contributed by atoms with Gasteiger partial charge < -0.3 is 10.0 Å². The van der Waals surface area contributed by atoms with Crippen molar-refractivity contribution in [3.05, 3.63) is 0 Å². The molecule has 1 aliphatic heterocycles. The zero-order valence-corrected chi connectivity index (χ0v) is 11.3. The summed E-state index contributed by atoms with van der Waals surface area (Å²) in [5, 5.41) is 9.87. The topological polar surface area (TPSA) is 57.6 Å². The standard InChI is InChI=1S/C11H23NO3S/c1-11(2,3)10(13)4-5-12-6-8-16(14,15)9-7-12/h10,13H,4-9H2,1-3H3. The molecule has 0 aromatic rings. The third-order valence-corrected chi connectivity index (χ3v) is 4.76. The van der Waals surface area contributed by atoms with Crippen LogP contribution in [-0.2, 0) is 9.84 Å². The van der Waals surface area contributed by atoms with Crippen LogP contribution in [0.4, 0.5) is 0 Å². The first-order chi connectivity index (χ1) is 7.21. The van der Waals surface area contributed by atoms with Gasteiger partial charge >= 0.3 is 0 Å². The second-order valence-corrected chi connectivity index (χ2v) is 7.97. The number of rotatable bonds is 3. The minimum absolute atomic E-state index is 0.0954. The summed E-state index contributed by atoms with van der Waals surface area (Å²) in [6, 6.07) is 0. The van der Waals surface area contributed by atoms with E-state index in [2.05, 4.69) is 4.90 Å². The summed E-state index contributed by atoms with van der Waals surface area (Å²) in [7, 11) is -2.79. The summed E-state index contributed by atoms with van der Waals surface area (Å²) < 4.78 is 22.4. The Balaban J connectivity index is 2.30. The molecule has 0 aromatic carbocycles. The van der Waals surface area contributed by atoms with Crippen LogP contribution in [0, 0.1) is 5.41 Å². The molecule has 0 amide bonds. The zero-order valence-electron chi connectivity index (χ0n) is 10.4. The van der Waals surface area contributed by atoms with E-state index in [-0.39, 0.29) is 23.0 Å². The highest BCUT2D eigenvalue weighted by Crippen LogP contribution is 2.21. The summed E-state index contributed by atoms with van der Waals surface area (Å²) in [5.41, 5.74) is -0.0954. The van der Waals surface area contributed by atoms with E-state index in [4.69, 9.17) is 0 Å². The Labute approximate surface area is 98.6 Å². The first-order valence-electron chi connectivity index (χ1n) is 5.81. The van der Waals surface area contributed by atoms with Gasteiger partial charge in [0, 0.05) is 19.6 Å². The van der Waals surface area contributed by atoms with Crippen LogP contribution < -0.4 is 0 Å². The van der Waals surface area contributed by atoms with E-state index in [1.807, 2.05) is 20.8 Å². The summed E-state index contributed by atoms with van der Waals surface area (Å²) in [5.74, 6) is 0.525. The molecule has 0 bridgehead atoms. The van der Waals surface area contributed by atoms with Gasteiger partial charge in [0.25, 0.3) is 0 Å². The van der Waals surface area contributed by atoms with Gasteiger partial charge in [-0.25, -0.2) is 8.42 Å². The highest BCUT2D eigenvalue weighted by atomic mass is 32.2. The van der Waals surface area contributed by atoms with Gasteiger partial charge in [-0.2, -0.15) is 0 Å². The van der Waals surface area contributed by atoms with Crippen molar-refractivity contribution in [2.75, 3.05) is 31.1 Å². The van der Waals surface area contributed by atoms with Crippen molar-refractivity contribution in [3.63, 3.8) is 0 Å². The Hall–Kier alpha value is -0.130. The second-order valence-electron chi connectivity index (χ2n) is 5.66. The third-order valence-electron chi connectivity index (χ3n) is 3.16. The molecule has 4 nitrogen and oxygen atoms in total. The van der Waals surface area contributed by atoms with E-state index in [1.54, 1.807) is 0 Å². The molecule has 1 unspecified atom stereocenters. The molecule has 16 heavy (non-hydrogen) atoms. The molecular weight excluding hydrogens is 226 g/mol. The van der Waals surface area contributed by atoms with E-state index in [1.165, 1.54) is 0 Å². The van der Waals surface area contributed by atoms with Crippen molar-refractivity contribution >= 4 is 9.84 Å². The molecule has 0 aliphatic carbocycles. The highest BCUT2D eigenvalue weighted by molar-refractivity contribution is 7.91. The normalized spacial score (nSPS) is 24.2. The lowest BCUT2D eigenvalue weighted by Crippen LogP contribution is -2.42. The summed E-state index contributed by atoms with van der Waals surface area (Å²) in [6.07, 6.45) is 0.384. The van der Waals surface area contributed by atoms with Gasteiger partial charge in [0.15, 0.2) is 9.84 Å². The Kier molecular flexibility index (Phi) is 4.37. The molecule has 0 saturated carbocycles. The summed E-state index contributed by atoms with van der Waals surface area (Å²) >= 11 is 0. The van der Waals surface area contributed by atoms with Gasteiger partial charge in [0.2, 0.25) is 0 Å². The number of aliphatic hydroxyl groups excluding tert-OH is 1. The van der Waals surface area contributed by atoms with Gasteiger partial charge in [-0.05, 0) is 11.8 Å². The lowest BCUT2D eigenvalue weighted by atomic mass is 9.87. The van der Waals surface area contributed by atoms with Gasteiger partial charge in [0.05, 0.1) is 17.6 Å². The quantitative estimate of drug-likeness (QED) is 0.792. The maximum Gasteiger partial charge on any atom is 0.152 e. The molecule has 1 aliphatic rings. The first kappa shape index (κ1) is 13.9. The van der Waals surface area contributed by atoms with E-state index >= 15 is 0 Å². The van der Waals surface area contributed by atoms with Gasteiger partial charge in [-0.15, -0.1) is 0 Å². The largest absolute Gasteiger partial charge is 0.393 e. The molecule has 1 saturated heterocycles. The SMILES string of the molecule is CC(C)(C)C(O)CCN1CCS(=O)(=O)CC1. The molecule has 1 N–H and O–H groups in total. The fraction of sp³-hybridized carbons (Fsp3) is 1.00. The van der Waals surface area contributed by atoms with Crippen molar-refractivity contribution in [1.82, 2.24) is 4.90 Å². The molecule has 5 heteroatoms. The van der Waals surface area contributed by atoms with E-state index in [0.29, 0.717) is 19.5 Å². The van der Waals surface area contributed by atoms with E-state index in [9.17, 15) is 13.5 Å². The maximum atomic E-state index is 11.2. The first-order valence-corrected chi connectivity index (χ1v) is 7.64. The van der Waals surface area contributed by atoms with Crippen molar-refractivity contribution in [3.8, 4) is 0 Å². The zero-order chi connectivity index (χ0) is 12.4.